The van der Waals surface area contributed by atoms with Gasteiger partial charge in [-0.1, -0.05) is 0 Å². The Bertz CT molecular complexity index is 4920. The molecule has 0 radical (unpaired) electrons. The molecule has 0 amide bonds. The minimum Gasteiger partial charge on any atom is -0.504 e. The second-order valence-electron chi connectivity index (χ2n) is 22.1. The number of hydrogen-bond acceptors (Lipinski definition) is 38. The average Bonchev–Trinajstić information content (AvgIpc) is 0.807. The van der Waals surface area contributed by atoms with Gasteiger partial charge in [0.15, 0.2) is 115 Å². The summed E-state index contributed by atoms with van der Waals surface area (Å²) in [7, 11) is 0. The molecule has 108 heavy (non-hydrogen) atoms. The van der Waals surface area contributed by atoms with Gasteiger partial charge >= 0.3 is 53.7 Å². The summed E-state index contributed by atoms with van der Waals surface area (Å²) < 4.78 is 46.9. The SMILES string of the molecule is Cc1cc(C(=O)Oc2cc(C(=O)Oc3cc(C(=O)Oc4cc(OC(=O)c5cc(O)c(O)c(OC(=O)c6cc(O)c(O)c(OC(=O)c7cc(O)c(O)c(O)c7)c6)c5)cc(OC(=O)c5cc(O)c(O)c(OC(=O)c6cc(O)c(O)c(OC(=O)c7cc(O)c(O)c(O)c7)c6)c5)c4)cc(O)c3O)cc(O)c2O)cc(O)c1O. The summed E-state index contributed by atoms with van der Waals surface area (Å²) in [5, 5.41) is 206. The van der Waals surface area contributed by atoms with E-state index in [0.717, 1.165) is 12.1 Å². The molecular formula is C70H44O38. The zero-order valence-corrected chi connectivity index (χ0v) is 53.4. The maximum atomic E-state index is 14.0. The van der Waals surface area contributed by atoms with Gasteiger partial charge in [0.2, 0.25) is 34.5 Å². The molecule has 0 aliphatic rings. The van der Waals surface area contributed by atoms with E-state index in [2.05, 4.69) is 0 Å². The van der Waals surface area contributed by atoms with E-state index >= 15 is 0 Å². The monoisotopic (exact) mass is 1490 g/mol. The molecule has 0 spiro atoms. The lowest BCUT2D eigenvalue weighted by Crippen LogP contribution is -2.14. The van der Waals surface area contributed by atoms with Gasteiger partial charge < -0.3 is 145 Å². The van der Waals surface area contributed by atoms with E-state index in [-0.39, 0.29) is 5.56 Å². The maximum Gasteiger partial charge on any atom is 0.343 e. The first kappa shape index (κ1) is 74.1. The van der Waals surface area contributed by atoms with Gasteiger partial charge in [-0.3, -0.25) is 0 Å². The van der Waals surface area contributed by atoms with E-state index in [0.29, 0.717) is 115 Å². The highest BCUT2D eigenvalue weighted by atomic mass is 16.6. The van der Waals surface area contributed by atoms with Gasteiger partial charge in [-0.05, 0) is 122 Å². The number of carbonyl (C=O) groups excluding carboxylic acids is 9. The summed E-state index contributed by atoms with van der Waals surface area (Å²) in [6.45, 7) is 1.31. The molecule has 0 aromatic heterocycles. The van der Waals surface area contributed by atoms with Crippen molar-refractivity contribution in [1.29, 1.82) is 0 Å². The van der Waals surface area contributed by atoms with Crippen LogP contribution in [0.15, 0.2) is 127 Å². The first-order valence-corrected chi connectivity index (χ1v) is 29.4. The van der Waals surface area contributed by atoms with Crippen molar-refractivity contribution in [3.05, 3.63) is 183 Å². The first-order valence-electron chi connectivity index (χ1n) is 29.4. The number of carbonyl (C=O) groups is 9. The maximum absolute atomic E-state index is 14.0. The topological polar surface area (TPSA) is 641 Å². The van der Waals surface area contributed by atoms with E-state index in [1.54, 1.807) is 0 Å². The van der Waals surface area contributed by atoms with Gasteiger partial charge in [-0.25, -0.2) is 43.2 Å². The molecule has 10 aromatic rings. The van der Waals surface area contributed by atoms with Gasteiger partial charge in [-0.15, -0.1) is 0 Å². The van der Waals surface area contributed by atoms with Crippen LogP contribution >= 0.6 is 0 Å². The van der Waals surface area contributed by atoms with Crippen molar-refractivity contribution in [1.82, 2.24) is 0 Å². The van der Waals surface area contributed by atoms with E-state index in [1.165, 1.54) is 6.92 Å². The summed E-state index contributed by atoms with van der Waals surface area (Å²) in [4.78, 5) is 122. The summed E-state index contributed by atoms with van der Waals surface area (Å²) in [6.07, 6.45) is 0. The minimum absolute atomic E-state index is 0.000795. The third kappa shape index (κ3) is 15.6. The van der Waals surface area contributed by atoms with Crippen LogP contribution in [0.2, 0.25) is 0 Å². The van der Waals surface area contributed by atoms with E-state index in [4.69, 9.17) is 42.6 Å². The van der Waals surface area contributed by atoms with Crippen LogP contribution < -0.4 is 42.6 Å². The fourth-order valence-corrected chi connectivity index (χ4v) is 9.23. The quantitative estimate of drug-likeness (QED) is 0.0232. The fraction of sp³-hybridized carbons (Fsp3) is 0.0143. The Morgan fingerprint density at radius 3 is 0.491 bits per heavy atom. The highest BCUT2D eigenvalue weighted by molar-refractivity contribution is 6.01. The van der Waals surface area contributed by atoms with E-state index in [9.17, 15) is 145 Å². The third-order valence-electron chi connectivity index (χ3n) is 14.6. The van der Waals surface area contributed by atoms with Crippen LogP contribution in [0.25, 0.3) is 0 Å². The molecule has 552 valence electrons. The standard InChI is InChI=1S/C70H44O38/c1-23-2-24(3-36(71)53(23)82)65(94)103-50-17-30(11-44(79)59(50)88)68(97)106-47-14-27(8-41(76)56(47)85)62(91)100-33-20-34(101-63(92)28-9-42(77)57(86)48(15-28)107-69(98)31-12-45(80)60(89)51(18-31)104-66(95)25-4-37(72)54(83)38(73)5-25)22-35(21-33)102-64(93)29-10-43(78)58(87)49(16-29)108-70(99)32-13-46(81)61(90)52(19-32)105-67(96)26-6-39(74)55(84)40(75)7-26/h2-22,71-90H,1H3. The number of hydrogen-bond donors (Lipinski definition) is 20. The molecule has 0 saturated heterocycles. The Morgan fingerprint density at radius 2 is 0.315 bits per heavy atom. The number of aryl methyl sites for hydroxylation is 1. The van der Waals surface area contributed by atoms with Crippen molar-refractivity contribution in [2.75, 3.05) is 0 Å². The molecule has 0 saturated carbocycles. The number of phenolic OH excluding ortho intramolecular Hbond substituents is 20. The van der Waals surface area contributed by atoms with Crippen molar-refractivity contribution in [2.24, 2.45) is 0 Å². The molecule has 0 aliphatic heterocycles. The van der Waals surface area contributed by atoms with Crippen molar-refractivity contribution in [3.8, 4) is 167 Å². The largest absolute Gasteiger partial charge is 0.504 e. The molecule has 0 fully saturated rings. The second kappa shape index (κ2) is 29.2. The lowest BCUT2D eigenvalue weighted by Gasteiger charge is -2.14. The van der Waals surface area contributed by atoms with Crippen LogP contribution in [-0.4, -0.2) is 156 Å². The molecule has 0 aliphatic carbocycles. The van der Waals surface area contributed by atoms with E-state index < -0.39 is 271 Å². The van der Waals surface area contributed by atoms with Crippen molar-refractivity contribution in [2.45, 2.75) is 6.92 Å². The number of ether oxygens (including phenoxy) is 9. The second-order valence-corrected chi connectivity index (χ2v) is 22.1. The summed E-state index contributed by atoms with van der Waals surface area (Å²) in [6, 6.07) is 13.2. The minimum atomic E-state index is -1.61. The zero-order valence-electron chi connectivity index (χ0n) is 53.4. The highest BCUT2D eigenvalue weighted by Crippen LogP contribution is 2.46. The lowest BCUT2D eigenvalue weighted by molar-refractivity contribution is 0.0697. The van der Waals surface area contributed by atoms with Crippen LogP contribution in [0, 0.1) is 6.92 Å². The Labute approximate surface area is 596 Å². The molecular weight excluding hydrogens is 1450 g/mol. The Kier molecular flexibility index (Phi) is 20.0. The molecule has 0 bridgehead atoms. The third-order valence-corrected chi connectivity index (χ3v) is 14.6. The van der Waals surface area contributed by atoms with Gasteiger partial charge in [-0.2, -0.15) is 0 Å². The molecule has 0 atom stereocenters. The molecule has 10 aromatic carbocycles. The number of benzene rings is 10. The molecule has 10 rings (SSSR count). The summed E-state index contributed by atoms with van der Waals surface area (Å²) in [5.74, 6) is -44.1. The molecule has 0 heterocycles. The predicted molar refractivity (Wildman–Crippen MR) is 347 cm³/mol. The molecule has 38 heteroatoms. The summed E-state index contributed by atoms with van der Waals surface area (Å²) in [5.41, 5.74) is -6.55. The fourth-order valence-electron chi connectivity index (χ4n) is 9.23. The highest BCUT2D eigenvalue weighted by Gasteiger charge is 2.30. The van der Waals surface area contributed by atoms with Crippen molar-refractivity contribution in [3.63, 3.8) is 0 Å². The van der Waals surface area contributed by atoms with Gasteiger partial charge in [0, 0.05) is 18.2 Å². The number of rotatable bonds is 18. The number of phenols is 20. The Balaban J connectivity index is 0.935. The van der Waals surface area contributed by atoms with Crippen molar-refractivity contribution >= 4 is 53.7 Å². The van der Waals surface area contributed by atoms with Crippen LogP contribution in [0.3, 0.4) is 0 Å². The van der Waals surface area contributed by atoms with Crippen molar-refractivity contribution < 1.29 is 188 Å². The normalized spacial score (nSPS) is 10.8. The van der Waals surface area contributed by atoms with Crippen LogP contribution in [-0.2, 0) is 0 Å². The first-order chi connectivity index (χ1) is 50.8. The smallest absolute Gasteiger partial charge is 0.343 e. The average molecular weight is 1490 g/mol. The molecule has 38 nitrogen and oxygen atoms in total. The lowest BCUT2D eigenvalue weighted by atomic mass is 10.1. The molecule has 0 unspecified atom stereocenters. The zero-order chi connectivity index (χ0) is 78.9. The summed E-state index contributed by atoms with van der Waals surface area (Å²) >= 11 is 0. The van der Waals surface area contributed by atoms with E-state index in [1.807, 2.05) is 0 Å². The predicted octanol–water partition coefficient (Wildman–Crippen LogP) is 7.08. The van der Waals surface area contributed by atoms with Gasteiger partial charge in [0.1, 0.15) is 17.2 Å². The van der Waals surface area contributed by atoms with Crippen LogP contribution in [0.1, 0.15) is 98.8 Å². The van der Waals surface area contributed by atoms with Crippen LogP contribution in [0.5, 0.6) is 167 Å². The number of esters is 9. The Hall–Kier alpha value is -16.6. The molecule has 20 N–H and O–H groups in total. The van der Waals surface area contributed by atoms with Gasteiger partial charge in [0.05, 0.1) is 50.1 Å². The van der Waals surface area contributed by atoms with Crippen LogP contribution in [0.4, 0.5) is 0 Å². The number of aromatic hydroxyl groups is 20. The van der Waals surface area contributed by atoms with Gasteiger partial charge in [0.25, 0.3) is 0 Å². The Morgan fingerprint density at radius 1 is 0.176 bits per heavy atom.